The third kappa shape index (κ3) is 3.30. The first-order chi connectivity index (χ1) is 12.2. The molecule has 0 radical (unpaired) electrons. The number of tetrazole rings is 1. The molecule has 7 nitrogen and oxygen atoms in total. The maximum atomic E-state index is 12.3. The van der Waals surface area contributed by atoms with E-state index in [4.69, 9.17) is 0 Å². The Morgan fingerprint density at radius 1 is 1.24 bits per heavy atom. The van der Waals surface area contributed by atoms with E-state index in [1.54, 1.807) is 6.07 Å². The number of aromatic nitrogens is 6. The monoisotopic (exact) mass is 356 g/mol. The Morgan fingerprint density at radius 2 is 2.04 bits per heavy atom. The SMILES string of the molecule is C[C@H](Sc1nnnn1C1CCCCC1)c1nc2ccccc2c(=O)[nH]1. The smallest absolute Gasteiger partial charge is 0.258 e. The van der Waals surface area contributed by atoms with Crippen LogP contribution in [0.4, 0.5) is 0 Å². The zero-order valence-electron chi connectivity index (χ0n) is 14.1. The van der Waals surface area contributed by atoms with Gasteiger partial charge in [0, 0.05) is 0 Å². The maximum absolute atomic E-state index is 12.3. The third-order valence-electron chi connectivity index (χ3n) is 4.68. The van der Waals surface area contributed by atoms with Gasteiger partial charge in [0.05, 0.1) is 22.2 Å². The van der Waals surface area contributed by atoms with Crippen molar-refractivity contribution in [3.8, 4) is 0 Å². The third-order valence-corrected chi connectivity index (χ3v) is 5.74. The van der Waals surface area contributed by atoms with E-state index in [-0.39, 0.29) is 10.8 Å². The molecule has 0 unspecified atom stereocenters. The van der Waals surface area contributed by atoms with Gasteiger partial charge in [0.2, 0.25) is 5.16 Å². The molecule has 130 valence electrons. The highest BCUT2D eigenvalue weighted by atomic mass is 32.2. The van der Waals surface area contributed by atoms with Gasteiger partial charge < -0.3 is 4.98 Å². The Kier molecular flexibility index (Phi) is 4.52. The van der Waals surface area contributed by atoms with Gasteiger partial charge in [0.25, 0.3) is 5.56 Å². The van der Waals surface area contributed by atoms with E-state index in [0.717, 1.165) is 18.0 Å². The number of thioether (sulfide) groups is 1. The van der Waals surface area contributed by atoms with Crippen LogP contribution in [0.5, 0.6) is 0 Å². The minimum atomic E-state index is -0.111. The lowest BCUT2D eigenvalue weighted by atomic mass is 9.96. The second-order valence-electron chi connectivity index (χ2n) is 6.43. The number of H-pyrrole nitrogens is 1. The Morgan fingerprint density at radius 3 is 2.88 bits per heavy atom. The topological polar surface area (TPSA) is 89.3 Å². The molecule has 2 heterocycles. The van der Waals surface area contributed by atoms with Gasteiger partial charge in [-0.1, -0.05) is 43.2 Å². The van der Waals surface area contributed by atoms with Crippen LogP contribution in [0.1, 0.15) is 56.1 Å². The fourth-order valence-corrected chi connectivity index (χ4v) is 4.25. The van der Waals surface area contributed by atoms with Crippen LogP contribution in [0.2, 0.25) is 0 Å². The van der Waals surface area contributed by atoms with Gasteiger partial charge in [0.1, 0.15) is 5.82 Å². The van der Waals surface area contributed by atoms with Gasteiger partial charge in [-0.05, 0) is 42.3 Å². The Balaban J connectivity index is 1.59. The van der Waals surface area contributed by atoms with E-state index >= 15 is 0 Å². The molecule has 2 aromatic heterocycles. The number of nitrogens with zero attached hydrogens (tertiary/aromatic N) is 5. The van der Waals surface area contributed by atoms with Gasteiger partial charge in [-0.2, -0.15) is 0 Å². The first-order valence-corrected chi connectivity index (χ1v) is 9.54. The number of para-hydroxylation sites is 1. The van der Waals surface area contributed by atoms with Gasteiger partial charge in [-0.3, -0.25) is 4.79 Å². The molecular formula is C17H20N6OS. The lowest BCUT2D eigenvalue weighted by Gasteiger charge is -2.22. The molecule has 1 atom stereocenters. The molecule has 1 aliphatic carbocycles. The summed E-state index contributed by atoms with van der Waals surface area (Å²) in [6.45, 7) is 2.01. The molecule has 1 N–H and O–H groups in total. The van der Waals surface area contributed by atoms with Crippen LogP contribution in [0.3, 0.4) is 0 Å². The minimum Gasteiger partial charge on any atom is -0.309 e. The first-order valence-electron chi connectivity index (χ1n) is 8.66. The summed E-state index contributed by atoms with van der Waals surface area (Å²) in [6, 6.07) is 7.75. The van der Waals surface area contributed by atoms with Crippen molar-refractivity contribution in [2.75, 3.05) is 0 Å². The Bertz CT molecular complexity index is 930. The summed E-state index contributed by atoms with van der Waals surface area (Å²) in [7, 11) is 0. The molecule has 1 aromatic carbocycles. The van der Waals surface area contributed by atoms with Crippen molar-refractivity contribution in [3.63, 3.8) is 0 Å². The molecule has 25 heavy (non-hydrogen) atoms. The molecule has 3 aromatic rings. The standard InChI is InChI=1S/C17H20N6OS/c1-11(15-18-14-10-6-5-9-13(14)16(24)19-15)25-17-20-21-22-23(17)12-7-3-2-4-8-12/h5-6,9-12H,2-4,7-8H2,1H3,(H,18,19,24)/t11-/m0/s1. The number of rotatable bonds is 4. The van der Waals surface area contributed by atoms with Crippen molar-refractivity contribution in [2.24, 2.45) is 0 Å². The first kappa shape index (κ1) is 16.3. The molecule has 0 aliphatic heterocycles. The van der Waals surface area contributed by atoms with Crippen molar-refractivity contribution >= 4 is 22.7 Å². The van der Waals surface area contributed by atoms with Crippen molar-refractivity contribution in [1.29, 1.82) is 0 Å². The summed E-state index contributed by atoms with van der Waals surface area (Å²) < 4.78 is 1.94. The largest absolute Gasteiger partial charge is 0.309 e. The van der Waals surface area contributed by atoms with Crippen molar-refractivity contribution in [1.82, 2.24) is 30.2 Å². The number of nitrogens with one attached hydrogen (secondary N) is 1. The van der Waals surface area contributed by atoms with Gasteiger partial charge in [-0.25, -0.2) is 9.67 Å². The molecule has 4 rings (SSSR count). The molecule has 1 fully saturated rings. The summed E-state index contributed by atoms with van der Waals surface area (Å²) in [6.07, 6.45) is 5.99. The van der Waals surface area contributed by atoms with Crippen LogP contribution >= 0.6 is 11.8 Å². The van der Waals surface area contributed by atoms with E-state index in [1.165, 1.54) is 31.0 Å². The van der Waals surface area contributed by atoms with Gasteiger partial charge in [-0.15, -0.1) is 5.10 Å². The minimum absolute atomic E-state index is 0.0503. The molecule has 8 heteroatoms. The predicted octanol–water partition coefficient (Wildman–Crippen LogP) is 3.27. The Hall–Kier alpha value is -2.22. The summed E-state index contributed by atoms with van der Waals surface area (Å²) in [5.74, 6) is 0.645. The average molecular weight is 356 g/mol. The molecule has 1 aliphatic rings. The van der Waals surface area contributed by atoms with Crippen molar-refractivity contribution < 1.29 is 0 Å². The zero-order chi connectivity index (χ0) is 17.2. The zero-order valence-corrected chi connectivity index (χ0v) is 14.9. The summed E-state index contributed by atoms with van der Waals surface area (Å²) >= 11 is 1.54. The van der Waals surface area contributed by atoms with Crippen LogP contribution in [0.25, 0.3) is 10.9 Å². The fourth-order valence-electron chi connectivity index (χ4n) is 3.33. The number of fused-ring (bicyclic) bond motifs is 1. The van der Waals surface area contributed by atoms with E-state index < -0.39 is 0 Å². The highest BCUT2D eigenvalue weighted by Crippen LogP contribution is 2.35. The van der Waals surface area contributed by atoms with Gasteiger partial charge >= 0.3 is 0 Å². The Labute approximate surface area is 149 Å². The van der Waals surface area contributed by atoms with Crippen LogP contribution in [-0.2, 0) is 0 Å². The summed E-state index contributed by atoms with van der Waals surface area (Å²) in [5, 5.41) is 13.6. The number of hydrogen-bond donors (Lipinski definition) is 1. The number of hydrogen-bond acceptors (Lipinski definition) is 6. The highest BCUT2D eigenvalue weighted by molar-refractivity contribution is 7.99. The predicted molar refractivity (Wildman–Crippen MR) is 96.6 cm³/mol. The summed E-state index contributed by atoms with van der Waals surface area (Å²) in [4.78, 5) is 19.8. The van der Waals surface area contributed by atoms with Gasteiger partial charge in [0.15, 0.2) is 0 Å². The molecule has 0 spiro atoms. The van der Waals surface area contributed by atoms with Crippen LogP contribution in [0, 0.1) is 0 Å². The highest BCUT2D eigenvalue weighted by Gasteiger charge is 2.22. The maximum Gasteiger partial charge on any atom is 0.258 e. The van der Waals surface area contributed by atoms with E-state index in [1.807, 2.05) is 29.8 Å². The molecule has 1 saturated carbocycles. The van der Waals surface area contributed by atoms with Crippen LogP contribution < -0.4 is 5.56 Å². The number of benzene rings is 1. The second kappa shape index (κ2) is 6.95. The normalized spacial score (nSPS) is 17.0. The quantitative estimate of drug-likeness (QED) is 0.722. The average Bonchev–Trinajstić information content (AvgIpc) is 3.10. The van der Waals surface area contributed by atoms with E-state index in [9.17, 15) is 4.79 Å². The fraction of sp³-hybridized carbons (Fsp3) is 0.471. The molecular weight excluding hydrogens is 336 g/mol. The lowest BCUT2D eigenvalue weighted by molar-refractivity contribution is 0.307. The lowest BCUT2D eigenvalue weighted by Crippen LogP contribution is -2.16. The molecule has 0 saturated heterocycles. The summed E-state index contributed by atoms with van der Waals surface area (Å²) in [5.41, 5.74) is 0.598. The van der Waals surface area contributed by atoms with E-state index in [2.05, 4.69) is 25.5 Å². The van der Waals surface area contributed by atoms with Crippen molar-refractivity contribution in [2.45, 2.75) is 55.5 Å². The van der Waals surface area contributed by atoms with Crippen molar-refractivity contribution in [3.05, 3.63) is 40.4 Å². The number of aromatic amines is 1. The van der Waals surface area contributed by atoms with E-state index in [0.29, 0.717) is 22.8 Å². The van der Waals surface area contributed by atoms with Crippen LogP contribution in [-0.4, -0.2) is 30.2 Å². The second-order valence-corrected chi connectivity index (χ2v) is 7.73. The molecule has 0 bridgehead atoms. The molecule has 0 amide bonds. The van der Waals surface area contributed by atoms with Crippen LogP contribution in [0.15, 0.2) is 34.2 Å².